The average Bonchev–Trinajstić information content (AvgIpc) is 2.85. The lowest BCUT2D eigenvalue weighted by molar-refractivity contribution is -0.673. The number of hydrogen-bond acceptors (Lipinski definition) is 5. The number of benzene rings is 1. The summed E-state index contributed by atoms with van der Waals surface area (Å²) < 4.78 is 45.3. The summed E-state index contributed by atoms with van der Waals surface area (Å²) in [5, 5.41) is 0. The molecule has 0 unspecified atom stereocenters. The Hall–Kier alpha value is -2.12. The Morgan fingerprint density at radius 1 is 1.39 bits per heavy atom. The van der Waals surface area contributed by atoms with E-state index in [2.05, 4.69) is 0 Å². The number of aromatic nitrogens is 1. The molecule has 0 saturated carbocycles. The van der Waals surface area contributed by atoms with Gasteiger partial charge in [0, 0.05) is 6.07 Å². The highest BCUT2D eigenvalue weighted by Crippen LogP contribution is 2.15. The molecule has 2 rings (SSSR count). The van der Waals surface area contributed by atoms with Gasteiger partial charge in [0.1, 0.15) is 10.1 Å². The van der Waals surface area contributed by atoms with Crippen molar-refractivity contribution in [3.05, 3.63) is 48.1 Å². The van der Waals surface area contributed by atoms with Crippen molar-refractivity contribution < 1.29 is 26.7 Å². The number of ether oxygens (including phenoxy) is 1. The van der Waals surface area contributed by atoms with Gasteiger partial charge in [0.25, 0.3) is 5.52 Å². The molecule has 124 valence electrons. The van der Waals surface area contributed by atoms with Gasteiger partial charge in [-0.25, -0.2) is 8.42 Å². The minimum atomic E-state index is -4.30. The average molecular weight is 337 g/mol. The highest BCUT2D eigenvalue weighted by atomic mass is 32.2. The van der Waals surface area contributed by atoms with Crippen LogP contribution in [0.3, 0.4) is 0 Å². The van der Waals surface area contributed by atoms with Crippen molar-refractivity contribution in [1.29, 1.82) is 0 Å². The number of para-hydroxylation sites is 2. The van der Waals surface area contributed by atoms with Gasteiger partial charge in [-0.05, 0) is 31.6 Å². The summed E-state index contributed by atoms with van der Waals surface area (Å²) in [4.78, 5) is 0. The smallest absolute Gasteiger partial charge is 0.374 e. The molecular weight excluding hydrogens is 318 g/mol. The van der Waals surface area contributed by atoms with Gasteiger partial charge in [-0.15, -0.1) is 0 Å². The molecule has 23 heavy (non-hydrogen) atoms. The summed E-state index contributed by atoms with van der Waals surface area (Å²) in [7, 11) is -4.30. The molecule has 0 N–H and O–H groups in total. The third-order valence-electron chi connectivity index (χ3n) is 3.13. The molecule has 0 aliphatic heterocycles. The van der Waals surface area contributed by atoms with E-state index in [1.165, 1.54) is 0 Å². The van der Waals surface area contributed by atoms with E-state index in [0.717, 1.165) is 11.1 Å². The number of aryl methyl sites for hydroxylation is 1. The first kappa shape index (κ1) is 17.2. The van der Waals surface area contributed by atoms with Crippen molar-refractivity contribution >= 4 is 27.3 Å². The summed E-state index contributed by atoms with van der Waals surface area (Å²) in [5.74, 6) is -0.0189. The van der Waals surface area contributed by atoms with Crippen LogP contribution in [0, 0.1) is 0 Å². The van der Waals surface area contributed by atoms with Gasteiger partial charge < -0.3 is 13.7 Å². The fourth-order valence-corrected chi connectivity index (χ4v) is 2.47. The molecule has 0 saturated heterocycles. The van der Waals surface area contributed by atoms with Crippen LogP contribution in [-0.4, -0.2) is 25.3 Å². The topological polar surface area (TPSA) is 83.5 Å². The van der Waals surface area contributed by atoms with E-state index in [1.807, 2.05) is 32.0 Å². The number of oxazole rings is 1. The van der Waals surface area contributed by atoms with Gasteiger partial charge >= 0.3 is 5.89 Å². The lowest BCUT2D eigenvalue weighted by atomic mass is 10.3. The van der Waals surface area contributed by atoms with Crippen molar-refractivity contribution in [2.45, 2.75) is 20.4 Å². The van der Waals surface area contributed by atoms with Crippen LogP contribution in [0.2, 0.25) is 0 Å². The first-order valence-corrected chi connectivity index (χ1v) is 8.80. The maximum absolute atomic E-state index is 10.9. The van der Waals surface area contributed by atoms with Gasteiger partial charge in [-0.3, -0.25) is 0 Å². The number of rotatable bonds is 7. The second kappa shape index (κ2) is 7.43. The van der Waals surface area contributed by atoms with Crippen molar-refractivity contribution in [1.82, 2.24) is 0 Å². The Labute approximate surface area is 135 Å². The molecule has 0 spiro atoms. The zero-order chi connectivity index (χ0) is 16.9. The molecule has 0 fully saturated rings. The Balaban J connectivity index is 2.36. The van der Waals surface area contributed by atoms with Crippen LogP contribution < -0.4 is 4.57 Å². The van der Waals surface area contributed by atoms with Gasteiger partial charge in [0.05, 0.1) is 24.7 Å². The summed E-state index contributed by atoms with van der Waals surface area (Å²) >= 11 is 0. The maximum atomic E-state index is 10.9. The molecule has 1 aromatic heterocycles. The fraction of sp³-hybridized carbons (Fsp3) is 0.312. The van der Waals surface area contributed by atoms with E-state index in [9.17, 15) is 13.0 Å². The Morgan fingerprint density at radius 3 is 2.83 bits per heavy atom. The van der Waals surface area contributed by atoms with E-state index in [-0.39, 0.29) is 6.54 Å². The van der Waals surface area contributed by atoms with E-state index < -0.39 is 15.9 Å². The predicted octanol–water partition coefficient (Wildman–Crippen LogP) is 2.22. The Bertz CT molecular complexity index is 833. The van der Waals surface area contributed by atoms with Gasteiger partial charge in [0.2, 0.25) is 5.58 Å². The van der Waals surface area contributed by atoms with Crippen LogP contribution >= 0.6 is 0 Å². The van der Waals surface area contributed by atoms with Crippen LogP contribution in [0.4, 0.5) is 0 Å². The SMILES string of the molecule is CCO/C=C(C)/C=C/c1oc2ccccc2[n+]1CCS(=O)(=O)[O-]. The molecule has 0 amide bonds. The zero-order valence-electron chi connectivity index (χ0n) is 13.1. The summed E-state index contributed by atoms with van der Waals surface area (Å²) in [6, 6.07) is 7.26. The molecule has 1 aromatic carbocycles. The van der Waals surface area contributed by atoms with E-state index in [0.29, 0.717) is 18.1 Å². The fourth-order valence-electron chi connectivity index (χ4n) is 2.07. The minimum Gasteiger partial charge on any atom is -0.748 e. The maximum Gasteiger partial charge on any atom is 0.374 e. The normalized spacial score (nSPS) is 13.1. The van der Waals surface area contributed by atoms with Gasteiger partial charge in [-0.2, -0.15) is 4.57 Å². The van der Waals surface area contributed by atoms with Crippen molar-refractivity contribution in [3.63, 3.8) is 0 Å². The van der Waals surface area contributed by atoms with Gasteiger partial charge in [-0.1, -0.05) is 12.1 Å². The summed E-state index contributed by atoms with van der Waals surface area (Å²) in [6.07, 6.45) is 5.16. The first-order valence-electron chi connectivity index (χ1n) is 7.22. The predicted molar refractivity (Wildman–Crippen MR) is 85.4 cm³/mol. The third-order valence-corrected chi connectivity index (χ3v) is 3.81. The van der Waals surface area contributed by atoms with Crippen LogP contribution in [0.5, 0.6) is 0 Å². The van der Waals surface area contributed by atoms with Crippen molar-refractivity contribution in [3.8, 4) is 0 Å². The Morgan fingerprint density at radius 2 is 2.13 bits per heavy atom. The summed E-state index contributed by atoms with van der Waals surface area (Å²) in [5.41, 5.74) is 2.25. The highest BCUT2D eigenvalue weighted by molar-refractivity contribution is 7.85. The quantitative estimate of drug-likeness (QED) is 0.335. The van der Waals surface area contributed by atoms with Crippen molar-refractivity contribution in [2.75, 3.05) is 12.4 Å². The first-order chi connectivity index (χ1) is 10.9. The van der Waals surface area contributed by atoms with E-state index in [4.69, 9.17) is 9.15 Å². The largest absolute Gasteiger partial charge is 0.748 e. The monoisotopic (exact) mass is 337 g/mol. The second-order valence-electron chi connectivity index (χ2n) is 4.97. The molecule has 1 heterocycles. The number of allylic oxidation sites excluding steroid dienone is 2. The van der Waals surface area contributed by atoms with E-state index >= 15 is 0 Å². The molecular formula is C16H19NO5S. The van der Waals surface area contributed by atoms with Crippen LogP contribution in [0.1, 0.15) is 19.7 Å². The van der Waals surface area contributed by atoms with Crippen LogP contribution in [-0.2, 0) is 21.4 Å². The number of fused-ring (bicyclic) bond motifs is 1. The molecule has 0 atom stereocenters. The van der Waals surface area contributed by atoms with Crippen LogP contribution in [0.15, 0.2) is 46.6 Å². The molecule has 2 aromatic rings. The minimum absolute atomic E-state index is 0.0384. The number of nitrogens with zero attached hydrogens (tertiary/aromatic N) is 1. The lowest BCUT2D eigenvalue weighted by Gasteiger charge is -2.02. The molecule has 0 bridgehead atoms. The summed E-state index contributed by atoms with van der Waals surface area (Å²) in [6.45, 7) is 4.39. The molecule has 7 heteroatoms. The second-order valence-corrected chi connectivity index (χ2v) is 6.50. The Kier molecular flexibility index (Phi) is 5.57. The van der Waals surface area contributed by atoms with Crippen molar-refractivity contribution in [2.24, 2.45) is 0 Å². The highest BCUT2D eigenvalue weighted by Gasteiger charge is 2.20. The standard InChI is InChI=1S/C16H19NO5S/c1-3-21-12-13(2)8-9-16-17(10-11-23(18,19)20)14-6-4-5-7-15(14)22-16/h4-9,12H,3,10-11H2,1-2H3/b9-8+,13-12+. The molecule has 0 radical (unpaired) electrons. The third kappa shape index (κ3) is 4.94. The lowest BCUT2D eigenvalue weighted by Crippen LogP contribution is -2.38. The molecule has 0 aliphatic carbocycles. The molecule has 6 nitrogen and oxygen atoms in total. The molecule has 0 aliphatic rings. The van der Waals surface area contributed by atoms with Gasteiger partial charge in [0.15, 0.2) is 6.54 Å². The van der Waals surface area contributed by atoms with Crippen LogP contribution in [0.25, 0.3) is 17.2 Å². The van der Waals surface area contributed by atoms with E-state index in [1.54, 1.807) is 29.0 Å². The zero-order valence-corrected chi connectivity index (χ0v) is 13.9. The number of hydrogen-bond donors (Lipinski definition) is 0.